The molecule has 0 N–H and O–H groups in total. The zero-order valence-corrected chi connectivity index (χ0v) is 10.2. The van der Waals surface area contributed by atoms with Crippen LogP contribution in [-0.4, -0.2) is 14.5 Å². The Morgan fingerprint density at radius 1 is 1.11 bits per heavy atom. The lowest BCUT2D eigenvalue weighted by Gasteiger charge is -2.07. The zero-order valence-electron chi connectivity index (χ0n) is 10.2. The highest BCUT2D eigenvalue weighted by Crippen LogP contribution is 2.21. The molecule has 3 aromatic rings. The molecule has 18 heavy (non-hydrogen) atoms. The molecule has 3 heteroatoms. The molecule has 2 heterocycles. The Labute approximate surface area is 106 Å². The average Bonchev–Trinajstić information content (AvgIpc) is 2.78. The lowest BCUT2D eigenvalue weighted by molar-refractivity contribution is 0.952. The van der Waals surface area contributed by atoms with Crippen LogP contribution in [0.15, 0.2) is 48.7 Å². The van der Waals surface area contributed by atoms with Gasteiger partial charge in [-0.2, -0.15) is 0 Å². The Morgan fingerprint density at radius 3 is 2.72 bits per heavy atom. The van der Waals surface area contributed by atoms with E-state index >= 15 is 0 Å². The minimum atomic E-state index is 0.906. The minimum Gasteiger partial charge on any atom is -0.280 e. The van der Waals surface area contributed by atoms with Crippen molar-refractivity contribution in [2.45, 2.75) is 13.3 Å². The summed E-state index contributed by atoms with van der Waals surface area (Å²) in [5, 5.41) is 0. The summed E-state index contributed by atoms with van der Waals surface area (Å²) in [5.41, 5.74) is 2.93. The molecule has 2 aromatic heterocycles. The molecule has 0 saturated heterocycles. The van der Waals surface area contributed by atoms with Crippen molar-refractivity contribution in [1.82, 2.24) is 14.5 Å². The molecular formula is C15H14N3. The van der Waals surface area contributed by atoms with Gasteiger partial charge in [-0.25, -0.2) is 9.97 Å². The summed E-state index contributed by atoms with van der Waals surface area (Å²) in [4.78, 5) is 9.06. The highest BCUT2D eigenvalue weighted by atomic mass is 15.1. The molecule has 0 fully saturated rings. The second-order valence-electron chi connectivity index (χ2n) is 4.10. The molecule has 0 aliphatic rings. The number of nitrogens with zero attached hydrogens (tertiary/aromatic N) is 3. The first-order valence-corrected chi connectivity index (χ1v) is 6.12. The van der Waals surface area contributed by atoms with Crippen LogP contribution in [0.4, 0.5) is 0 Å². The van der Waals surface area contributed by atoms with Gasteiger partial charge in [-0.05, 0) is 30.7 Å². The second-order valence-corrected chi connectivity index (χ2v) is 4.10. The van der Waals surface area contributed by atoms with Crippen LogP contribution in [-0.2, 0) is 0 Å². The normalized spacial score (nSPS) is 10.9. The molecule has 0 spiro atoms. The summed E-state index contributed by atoms with van der Waals surface area (Å²) >= 11 is 0. The highest BCUT2D eigenvalue weighted by Gasteiger charge is 2.11. The van der Waals surface area contributed by atoms with Crippen LogP contribution in [0.2, 0.25) is 0 Å². The molecular weight excluding hydrogens is 222 g/mol. The third kappa shape index (κ3) is 1.78. The summed E-state index contributed by atoms with van der Waals surface area (Å²) < 4.78 is 2.10. The van der Waals surface area contributed by atoms with Gasteiger partial charge in [-0.1, -0.05) is 25.1 Å². The fourth-order valence-electron chi connectivity index (χ4n) is 2.08. The highest BCUT2D eigenvalue weighted by molar-refractivity contribution is 5.74. The summed E-state index contributed by atoms with van der Waals surface area (Å²) in [5.74, 6) is 0.956. The lowest BCUT2D eigenvalue weighted by Crippen LogP contribution is -2.00. The van der Waals surface area contributed by atoms with Crippen molar-refractivity contribution in [2.75, 3.05) is 0 Å². The van der Waals surface area contributed by atoms with E-state index in [9.17, 15) is 0 Å². The van der Waals surface area contributed by atoms with Crippen molar-refractivity contribution >= 4 is 11.2 Å². The largest absolute Gasteiger partial charge is 0.280 e. The molecule has 0 bridgehead atoms. The second kappa shape index (κ2) is 4.61. The molecule has 1 radical (unpaired) electrons. The van der Waals surface area contributed by atoms with Gasteiger partial charge in [0.1, 0.15) is 11.3 Å². The number of hydrogen-bond donors (Lipinski definition) is 0. The number of imidazole rings is 1. The van der Waals surface area contributed by atoms with Gasteiger partial charge in [-0.15, -0.1) is 0 Å². The van der Waals surface area contributed by atoms with E-state index in [1.165, 1.54) is 0 Å². The predicted octanol–water partition coefficient (Wildman–Crippen LogP) is 3.38. The predicted molar refractivity (Wildman–Crippen MR) is 72.6 cm³/mol. The Balaban J connectivity index is 2.28. The van der Waals surface area contributed by atoms with E-state index in [2.05, 4.69) is 40.0 Å². The molecule has 1 aromatic carbocycles. The van der Waals surface area contributed by atoms with Crippen LogP contribution in [0.5, 0.6) is 0 Å². The maximum Gasteiger partial charge on any atom is 0.164 e. The maximum atomic E-state index is 4.62. The zero-order chi connectivity index (χ0) is 12.4. The average molecular weight is 236 g/mol. The molecule has 89 valence electrons. The first-order valence-electron chi connectivity index (χ1n) is 6.12. The molecule has 0 aliphatic heterocycles. The molecule has 3 rings (SSSR count). The van der Waals surface area contributed by atoms with E-state index < -0.39 is 0 Å². The Bertz CT molecular complexity index is 656. The topological polar surface area (TPSA) is 30.7 Å². The first kappa shape index (κ1) is 11.0. The van der Waals surface area contributed by atoms with Gasteiger partial charge in [0.25, 0.3) is 0 Å². The Hall–Kier alpha value is -2.16. The summed E-state index contributed by atoms with van der Waals surface area (Å²) in [6.45, 7) is 2.11. The molecule has 3 nitrogen and oxygen atoms in total. The minimum absolute atomic E-state index is 0.906. The van der Waals surface area contributed by atoms with E-state index in [-0.39, 0.29) is 0 Å². The van der Waals surface area contributed by atoms with E-state index in [0.29, 0.717) is 0 Å². The standard InChI is InChI=1S/C15H14N3/c1-2-7-14-17-13-10-6-11-16-15(13)18(14)12-8-4-3-5-9-12/h3-11H,2H2,1H3. The van der Waals surface area contributed by atoms with Crippen molar-refractivity contribution in [1.29, 1.82) is 0 Å². The maximum absolute atomic E-state index is 4.62. The van der Waals surface area contributed by atoms with Crippen LogP contribution in [0.1, 0.15) is 19.2 Å². The van der Waals surface area contributed by atoms with Crippen LogP contribution < -0.4 is 0 Å². The molecule has 0 aliphatic carbocycles. The van der Waals surface area contributed by atoms with Crippen molar-refractivity contribution in [2.24, 2.45) is 0 Å². The fraction of sp³-hybridized carbons (Fsp3) is 0.133. The number of fused-ring (bicyclic) bond motifs is 1. The number of aromatic nitrogens is 3. The number of rotatable bonds is 3. The third-order valence-electron chi connectivity index (χ3n) is 2.84. The summed E-state index contributed by atoms with van der Waals surface area (Å²) in [6, 6.07) is 14.1. The number of hydrogen-bond acceptors (Lipinski definition) is 2. The van der Waals surface area contributed by atoms with Gasteiger partial charge in [0.15, 0.2) is 5.65 Å². The summed E-state index contributed by atoms with van der Waals surface area (Å²) in [7, 11) is 0. The van der Waals surface area contributed by atoms with Gasteiger partial charge < -0.3 is 0 Å². The van der Waals surface area contributed by atoms with Gasteiger partial charge >= 0.3 is 0 Å². The monoisotopic (exact) mass is 236 g/mol. The Morgan fingerprint density at radius 2 is 1.94 bits per heavy atom. The lowest BCUT2D eigenvalue weighted by atomic mass is 10.3. The van der Waals surface area contributed by atoms with E-state index in [1.54, 1.807) is 6.20 Å². The quantitative estimate of drug-likeness (QED) is 0.698. The van der Waals surface area contributed by atoms with Crippen molar-refractivity contribution in [3.8, 4) is 5.69 Å². The van der Waals surface area contributed by atoms with Gasteiger partial charge in [0.05, 0.1) is 0 Å². The van der Waals surface area contributed by atoms with E-state index in [0.717, 1.165) is 29.1 Å². The van der Waals surface area contributed by atoms with Crippen molar-refractivity contribution in [3.63, 3.8) is 0 Å². The number of para-hydroxylation sites is 1. The third-order valence-corrected chi connectivity index (χ3v) is 2.84. The van der Waals surface area contributed by atoms with E-state index in [4.69, 9.17) is 0 Å². The Kier molecular flexibility index (Phi) is 2.81. The van der Waals surface area contributed by atoms with Crippen LogP contribution in [0.25, 0.3) is 16.9 Å². The van der Waals surface area contributed by atoms with E-state index in [1.807, 2.05) is 30.3 Å². The number of pyridine rings is 1. The summed E-state index contributed by atoms with van der Waals surface area (Å²) in [6.07, 6.45) is 4.88. The fourth-order valence-corrected chi connectivity index (χ4v) is 2.08. The molecule has 0 saturated carbocycles. The van der Waals surface area contributed by atoms with Gasteiger partial charge in [0, 0.05) is 18.3 Å². The number of benzene rings is 1. The molecule has 0 amide bonds. The smallest absolute Gasteiger partial charge is 0.164 e. The van der Waals surface area contributed by atoms with Crippen LogP contribution >= 0.6 is 0 Å². The molecule has 0 unspecified atom stereocenters. The van der Waals surface area contributed by atoms with Crippen LogP contribution in [0, 0.1) is 6.42 Å². The van der Waals surface area contributed by atoms with Gasteiger partial charge in [0.2, 0.25) is 0 Å². The van der Waals surface area contributed by atoms with Gasteiger partial charge in [-0.3, -0.25) is 4.57 Å². The van der Waals surface area contributed by atoms with Crippen molar-refractivity contribution in [3.05, 3.63) is 60.9 Å². The molecule has 0 atom stereocenters. The van der Waals surface area contributed by atoms with Crippen LogP contribution in [0.3, 0.4) is 0 Å². The first-order chi connectivity index (χ1) is 8.90. The SMILES string of the molecule is CC[CH]c1nc2cccnc2n1-c1ccccc1. The van der Waals surface area contributed by atoms with Crippen molar-refractivity contribution < 1.29 is 0 Å².